The third-order valence-corrected chi connectivity index (χ3v) is 5.04. The van der Waals surface area contributed by atoms with Gasteiger partial charge in [0.15, 0.2) is 11.5 Å². The minimum absolute atomic E-state index is 0.141. The normalized spacial score (nSPS) is 11.7. The first-order chi connectivity index (χ1) is 16.6. The Bertz CT molecular complexity index is 1430. The van der Waals surface area contributed by atoms with Crippen LogP contribution in [-0.4, -0.2) is 30.8 Å². The molecule has 35 heavy (non-hydrogen) atoms. The number of benzene rings is 2. The fourth-order valence-electron chi connectivity index (χ4n) is 3.45. The van der Waals surface area contributed by atoms with Crippen molar-refractivity contribution in [3.63, 3.8) is 0 Å². The Labute approximate surface area is 198 Å². The van der Waals surface area contributed by atoms with Crippen LogP contribution in [0.2, 0.25) is 0 Å². The molecule has 2 N–H and O–H groups in total. The number of carboxylic acid groups (broad SMARTS) is 1. The van der Waals surface area contributed by atoms with Crippen LogP contribution >= 0.6 is 0 Å². The highest BCUT2D eigenvalue weighted by molar-refractivity contribution is 5.86. The number of carbonyl (C=O) groups is 1. The molecule has 0 unspecified atom stereocenters. The highest BCUT2D eigenvalue weighted by atomic mass is 19.4. The Hall–Kier alpha value is -4.47. The molecule has 0 saturated heterocycles. The lowest BCUT2D eigenvalue weighted by Gasteiger charge is -2.13. The number of carboxylic acids is 1. The number of hydrogen-bond donors (Lipinski definition) is 2. The van der Waals surface area contributed by atoms with Crippen molar-refractivity contribution in [3.8, 4) is 16.9 Å². The SMILES string of the molecule is Cc1cccc(Nc2ncc(-c3cccc(/C=C/C(=O)O)c3)c(-n3nc(C(F)(F)F)cc3C)n2)c1. The number of aromatic nitrogens is 4. The lowest BCUT2D eigenvalue weighted by molar-refractivity contribution is -0.141. The van der Waals surface area contributed by atoms with Gasteiger partial charge in [-0.05, 0) is 60.9 Å². The van der Waals surface area contributed by atoms with E-state index in [4.69, 9.17) is 5.11 Å². The van der Waals surface area contributed by atoms with Crippen molar-refractivity contribution in [2.45, 2.75) is 20.0 Å². The predicted molar refractivity (Wildman–Crippen MR) is 125 cm³/mol. The van der Waals surface area contributed by atoms with Gasteiger partial charge in [0.1, 0.15) is 0 Å². The summed E-state index contributed by atoms with van der Waals surface area (Å²) in [7, 11) is 0. The third kappa shape index (κ3) is 5.55. The van der Waals surface area contributed by atoms with E-state index in [1.165, 1.54) is 19.2 Å². The first-order valence-electron chi connectivity index (χ1n) is 10.5. The average Bonchev–Trinajstić information content (AvgIpc) is 3.20. The Morgan fingerprint density at radius 1 is 1.09 bits per heavy atom. The van der Waals surface area contributed by atoms with Gasteiger partial charge >= 0.3 is 12.1 Å². The summed E-state index contributed by atoms with van der Waals surface area (Å²) in [6.07, 6.45) is -0.706. The van der Waals surface area contributed by atoms with E-state index in [9.17, 15) is 18.0 Å². The number of aliphatic carboxylic acids is 1. The maximum atomic E-state index is 13.4. The van der Waals surface area contributed by atoms with Crippen LogP contribution in [0, 0.1) is 13.8 Å². The van der Waals surface area contributed by atoms with Crippen LogP contribution in [0.4, 0.5) is 24.8 Å². The molecule has 0 aliphatic heterocycles. The molecule has 4 rings (SSSR count). The van der Waals surface area contributed by atoms with Crippen molar-refractivity contribution >= 4 is 23.7 Å². The van der Waals surface area contributed by atoms with E-state index in [0.717, 1.165) is 28.1 Å². The first kappa shape index (κ1) is 23.7. The van der Waals surface area contributed by atoms with Gasteiger partial charge in [0.05, 0.1) is 0 Å². The fourth-order valence-corrected chi connectivity index (χ4v) is 3.45. The molecule has 0 atom stereocenters. The van der Waals surface area contributed by atoms with Gasteiger partial charge in [0.2, 0.25) is 5.95 Å². The maximum absolute atomic E-state index is 13.4. The maximum Gasteiger partial charge on any atom is 0.435 e. The van der Waals surface area contributed by atoms with Crippen molar-refractivity contribution in [1.29, 1.82) is 0 Å². The molecule has 7 nitrogen and oxygen atoms in total. The van der Waals surface area contributed by atoms with Crippen LogP contribution in [0.25, 0.3) is 23.0 Å². The highest BCUT2D eigenvalue weighted by Gasteiger charge is 2.35. The lowest BCUT2D eigenvalue weighted by Crippen LogP contribution is -2.10. The number of hydrogen-bond acceptors (Lipinski definition) is 5. The monoisotopic (exact) mass is 479 g/mol. The van der Waals surface area contributed by atoms with Crippen molar-refractivity contribution in [2.24, 2.45) is 0 Å². The van der Waals surface area contributed by atoms with E-state index in [0.29, 0.717) is 16.7 Å². The van der Waals surface area contributed by atoms with Gasteiger partial charge in [-0.15, -0.1) is 0 Å². The molecule has 10 heteroatoms. The minimum atomic E-state index is -4.62. The van der Waals surface area contributed by atoms with Gasteiger partial charge in [-0.25, -0.2) is 14.5 Å². The summed E-state index contributed by atoms with van der Waals surface area (Å²) in [5, 5.41) is 15.7. The molecule has 2 aromatic carbocycles. The number of anilines is 2. The number of halogens is 3. The van der Waals surface area contributed by atoms with Crippen LogP contribution in [0.5, 0.6) is 0 Å². The first-order valence-corrected chi connectivity index (χ1v) is 10.5. The molecular formula is C25H20F3N5O2. The Morgan fingerprint density at radius 3 is 2.54 bits per heavy atom. The smallest absolute Gasteiger partial charge is 0.435 e. The van der Waals surface area contributed by atoms with Crippen molar-refractivity contribution in [1.82, 2.24) is 19.7 Å². The van der Waals surface area contributed by atoms with Gasteiger partial charge in [-0.3, -0.25) is 0 Å². The molecule has 0 amide bonds. The topological polar surface area (TPSA) is 92.9 Å². The van der Waals surface area contributed by atoms with E-state index >= 15 is 0 Å². The molecular weight excluding hydrogens is 459 g/mol. The molecule has 0 fully saturated rings. The van der Waals surface area contributed by atoms with Crippen LogP contribution in [0.3, 0.4) is 0 Å². The summed E-state index contributed by atoms with van der Waals surface area (Å²) < 4.78 is 41.2. The van der Waals surface area contributed by atoms with E-state index < -0.39 is 17.8 Å². The van der Waals surface area contributed by atoms with Crippen molar-refractivity contribution in [3.05, 3.63) is 89.4 Å². The van der Waals surface area contributed by atoms with Crippen LogP contribution in [0.15, 0.2) is 66.9 Å². The van der Waals surface area contributed by atoms with E-state index in [1.807, 2.05) is 31.2 Å². The number of rotatable bonds is 6. The quantitative estimate of drug-likeness (QED) is 0.339. The molecule has 2 heterocycles. The zero-order valence-corrected chi connectivity index (χ0v) is 18.7. The van der Waals surface area contributed by atoms with E-state index in [-0.39, 0.29) is 17.5 Å². The summed E-state index contributed by atoms with van der Waals surface area (Å²) >= 11 is 0. The van der Waals surface area contributed by atoms with Gasteiger partial charge in [-0.1, -0.05) is 30.3 Å². The summed E-state index contributed by atoms with van der Waals surface area (Å²) in [6, 6.07) is 15.3. The van der Waals surface area contributed by atoms with Crippen LogP contribution in [-0.2, 0) is 11.0 Å². The zero-order chi connectivity index (χ0) is 25.2. The van der Waals surface area contributed by atoms with Crippen molar-refractivity contribution in [2.75, 3.05) is 5.32 Å². The Morgan fingerprint density at radius 2 is 1.86 bits per heavy atom. The molecule has 178 valence electrons. The van der Waals surface area contributed by atoms with Crippen LogP contribution < -0.4 is 5.32 Å². The van der Waals surface area contributed by atoms with E-state index in [1.54, 1.807) is 24.3 Å². The molecule has 2 aromatic heterocycles. The summed E-state index contributed by atoms with van der Waals surface area (Å²) in [5.41, 5.74) is 2.52. The van der Waals surface area contributed by atoms with Crippen molar-refractivity contribution < 1.29 is 23.1 Å². The van der Waals surface area contributed by atoms with Gasteiger partial charge < -0.3 is 10.4 Å². The predicted octanol–water partition coefficient (Wildman–Crippen LogP) is 5.81. The van der Waals surface area contributed by atoms with Gasteiger partial charge in [-0.2, -0.15) is 23.3 Å². The number of nitrogens with one attached hydrogen (secondary N) is 1. The molecule has 0 aliphatic carbocycles. The van der Waals surface area contributed by atoms with Gasteiger partial charge in [0.25, 0.3) is 0 Å². The molecule has 4 aromatic rings. The summed E-state index contributed by atoms with van der Waals surface area (Å²) in [5.74, 6) is -0.778. The molecule has 0 spiro atoms. The molecule has 0 saturated carbocycles. The standard InChI is InChI=1S/C25H20F3N5O2/c1-15-5-3-8-19(11-15)30-24-29-14-20(18-7-4-6-17(13-18)9-10-22(34)35)23(31-24)33-16(2)12-21(32-33)25(26,27)28/h3-14H,1-2H3,(H,34,35)(H,29,30,31)/b10-9+. The average molecular weight is 479 g/mol. The Balaban J connectivity index is 1.85. The second kappa shape index (κ2) is 9.41. The molecule has 0 radical (unpaired) electrons. The largest absolute Gasteiger partial charge is 0.478 e. The zero-order valence-electron chi connectivity index (χ0n) is 18.7. The van der Waals surface area contributed by atoms with Gasteiger partial charge in [0, 0.05) is 29.2 Å². The Kier molecular flexibility index (Phi) is 6.37. The lowest BCUT2D eigenvalue weighted by atomic mass is 10.0. The molecule has 0 bridgehead atoms. The number of alkyl halides is 3. The number of aryl methyl sites for hydroxylation is 2. The summed E-state index contributed by atoms with van der Waals surface area (Å²) in [6.45, 7) is 3.44. The molecule has 0 aliphatic rings. The fraction of sp³-hybridized carbons (Fsp3) is 0.120. The third-order valence-electron chi connectivity index (χ3n) is 5.04. The highest BCUT2D eigenvalue weighted by Crippen LogP contribution is 2.32. The second-order valence-corrected chi connectivity index (χ2v) is 7.80. The number of nitrogens with zero attached hydrogens (tertiary/aromatic N) is 4. The van der Waals surface area contributed by atoms with Crippen LogP contribution in [0.1, 0.15) is 22.5 Å². The minimum Gasteiger partial charge on any atom is -0.478 e. The summed E-state index contributed by atoms with van der Waals surface area (Å²) in [4.78, 5) is 19.7. The second-order valence-electron chi connectivity index (χ2n) is 7.80. The van der Waals surface area contributed by atoms with E-state index in [2.05, 4.69) is 20.4 Å².